The van der Waals surface area contributed by atoms with Crippen molar-refractivity contribution in [2.45, 2.75) is 39.2 Å². The lowest BCUT2D eigenvalue weighted by atomic mass is 9.89. The van der Waals surface area contributed by atoms with Crippen LogP contribution in [-0.2, 0) is 16.0 Å². The highest BCUT2D eigenvalue weighted by Gasteiger charge is 2.34. The third-order valence-corrected chi connectivity index (χ3v) is 7.04. The molecule has 2 aliphatic heterocycles. The van der Waals surface area contributed by atoms with Gasteiger partial charge >= 0.3 is 11.8 Å². The first-order chi connectivity index (χ1) is 16.4. The molecule has 3 heterocycles. The van der Waals surface area contributed by atoms with Crippen molar-refractivity contribution in [2.24, 2.45) is 5.92 Å². The number of carbonyl (C=O) groups excluding carboxylic acids is 2. The van der Waals surface area contributed by atoms with Gasteiger partial charge in [-0.3, -0.25) is 9.59 Å². The largest absolute Gasteiger partial charge is 0.383 e. The van der Waals surface area contributed by atoms with E-state index in [9.17, 15) is 9.59 Å². The van der Waals surface area contributed by atoms with Gasteiger partial charge in [-0.2, -0.15) is 0 Å². The summed E-state index contributed by atoms with van der Waals surface area (Å²) in [5, 5.41) is 2.73. The van der Waals surface area contributed by atoms with Crippen molar-refractivity contribution in [1.29, 1.82) is 0 Å². The lowest BCUT2D eigenvalue weighted by Gasteiger charge is -2.39. The molecule has 2 aromatic rings. The average molecular weight is 465 g/mol. The number of piperidine rings is 1. The number of aryl methyl sites for hydroxylation is 1. The van der Waals surface area contributed by atoms with Gasteiger partial charge in [-0.15, -0.1) is 0 Å². The second-order valence-corrected chi connectivity index (χ2v) is 9.62. The molecule has 2 amide bonds. The molecule has 0 bridgehead atoms. The molecule has 182 valence electrons. The van der Waals surface area contributed by atoms with Gasteiger partial charge in [0.25, 0.3) is 0 Å². The zero-order valence-corrected chi connectivity index (χ0v) is 20.5. The van der Waals surface area contributed by atoms with Crippen molar-refractivity contribution in [2.75, 3.05) is 55.7 Å². The molecule has 0 aliphatic carbocycles. The first-order valence-electron chi connectivity index (χ1n) is 12.3. The zero-order valence-electron chi connectivity index (χ0n) is 20.5. The van der Waals surface area contributed by atoms with Crippen LogP contribution in [-0.4, -0.2) is 66.4 Å². The summed E-state index contributed by atoms with van der Waals surface area (Å²) in [5.41, 5.74) is 9.48. The van der Waals surface area contributed by atoms with Gasteiger partial charge in [0.2, 0.25) is 0 Å². The topological polar surface area (TPSA) is 94.8 Å². The van der Waals surface area contributed by atoms with Crippen LogP contribution in [0.3, 0.4) is 0 Å². The molecule has 2 aliphatic rings. The first kappa shape index (κ1) is 24.0. The van der Waals surface area contributed by atoms with Gasteiger partial charge in [-0.1, -0.05) is 26.0 Å². The second-order valence-electron chi connectivity index (χ2n) is 9.62. The molecule has 1 unspecified atom stereocenters. The quantitative estimate of drug-likeness (QED) is 0.676. The van der Waals surface area contributed by atoms with Gasteiger partial charge in [0, 0.05) is 38.4 Å². The van der Waals surface area contributed by atoms with E-state index < -0.39 is 11.8 Å². The number of hydrogen-bond donors (Lipinski definition) is 2. The van der Waals surface area contributed by atoms with Gasteiger partial charge in [-0.05, 0) is 61.6 Å². The minimum absolute atomic E-state index is 0.113. The van der Waals surface area contributed by atoms with Crippen LogP contribution in [0, 0.1) is 5.92 Å². The lowest BCUT2D eigenvalue weighted by molar-refractivity contribution is -0.146. The number of amides is 2. The molecule has 0 saturated carbocycles. The Morgan fingerprint density at radius 3 is 2.65 bits per heavy atom. The molecule has 2 atom stereocenters. The molecule has 34 heavy (non-hydrogen) atoms. The van der Waals surface area contributed by atoms with Gasteiger partial charge in [0.05, 0.1) is 17.9 Å². The van der Waals surface area contributed by atoms with Gasteiger partial charge in [0.15, 0.2) is 0 Å². The number of anilines is 3. The van der Waals surface area contributed by atoms with Crippen molar-refractivity contribution >= 4 is 29.0 Å². The molecule has 4 rings (SSSR count). The number of likely N-dealkylation sites (N-methyl/N-ethyl adjacent to an activating group) is 1. The first-order valence-corrected chi connectivity index (χ1v) is 12.3. The molecule has 1 aromatic heterocycles. The Kier molecular flexibility index (Phi) is 7.36. The van der Waals surface area contributed by atoms with Gasteiger partial charge in [-0.25, -0.2) is 4.98 Å². The van der Waals surface area contributed by atoms with E-state index in [0.29, 0.717) is 30.4 Å². The summed E-state index contributed by atoms with van der Waals surface area (Å²) in [7, 11) is 2.15. The number of carbonyl (C=O) groups is 2. The maximum atomic E-state index is 13.3. The molecular weight excluding hydrogens is 428 g/mol. The van der Waals surface area contributed by atoms with E-state index in [2.05, 4.69) is 58.3 Å². The number of likely N-dealkylation sites (tertiary alicyclic amines) is 1. The highest BCUT2D eigenvalue weighted by molar-refractivity contribution is 6.39. The number of nitrogens with zero attached hydrogens (tertiary/aromatic N) is 4. The van der Waals surface area contributed by atoms with E-state index in [4.69, 9.17) is 5.73 Å². The van der Waals surface area contributed by atoms with Crippen LogP contribution in [0.5, 0.6) is 0 Å². The lowest BCUT2D eigenvalue weighted by Crippen LogP contribution is -2.46. The molecule has 0 radical (unpaired) electrons. The fourth-order valence-electron chi connectivity index (χ4n) is 4.90. The summed E-state index contributed by atoms with van der Waals surface area (Å²) >= 11 is 0. The van der Waals surface area contributed by atoms with E-state index in [0.717, 1.165) is 50.1 Å². The Balaban J connectivity index is 1.52. The number of nitrogens with two attached hydrogens (primary N) is 1. The monoisotopic (exact) mass is 464 g/mol. The van der Waals surface area contributed by atoms with Crippen LogP contribution in [0.25, 0.3) is 0 Å². The number of nitrogen functional groups attached to an aromatic ring is 1. The Bertz CT molecular complexity index is 1030. The molecule has 0 spiro atoms. The normalized spacial score (nSPS) is 21.4. The summed E-state index contributed by atoms with van der Waals surface area (Å²) in [5.74, 6) is -0.352. The number of pyridine rings is 1. The van der Waals surface area contributed by atoms with E-state index in [-0.39, 0.29) is 6.04 Å². The molecule has 8 nitrogen and oxygen atoms in total. The predicted octanol–water partition coefficient (Wildman–Crippen LogP) is 2.92. The fourth-order valence-corrected chi connectivity index (χ4v) is 4.90. The Hall–Kier alpha value is -3.13. The summed E-state index contributed by atoms with van der Waals surface area (Å²) in [6.45, 7) is 8.72. The van der Waals surface area contributed by atoms with E-state index in [1.54, 1.807) is 11.0 Å². The summed E-state index contributed by atoms with van der Waals surface area (Å²) in [6, 6.07) is 10.1. The molecule has 2 saturated heterocycles. The molecule has 2 fully saturated rings. The minimum Gasteiger partial charge on any atom is -0.383 e. The Morgan fingerprint density at radius 2 is 1.91 bits per heavy atom. The highest BCUT2D eigenvalue weighted by Crippen LogP contribution is 2.35. The van der Waals surface area contributed by atoms with Crippen LogP contribution in [0.1, 0.15) is 43.9 Å². The number of nitrogens with one attached hydrogen (secondary N) is 1. The summed E-state index contributed by atoms with van der Waals surface area (Å²) in [6.07, 6.45) is 4.06. The number of piperazine rings is 1. The highest BCUT2D eigenvalue weighted by atomic mass is 16.2. The maximum Gasteiger partial charge on any atom is 0.313 e. The number of rotatable bonds is 4. The average Bonchev–Trinajstić information content (AvgIpc) is 2.85. The molecule has 8 heteroatoms. The SMILES string of the molecule is CCc1cc(NC(=O)C(=O)N2C[C@@H](C)CCC2c2cccc(N3CCN(C)CC3)c2)cnc1N. The number of aromatic nitrogens is 1. The maximum absolute atomic E-state index is 13.3. The van der Waals surface area contributed by atoms with Crippen LogP contribution >= 0.6 is 0 Å². The number of benzene rings is 1. The van der Waals surface area contributed by atoms with Crippen LogP contribution in [0.15, 0.2) is 36.5 Å². The van der Waals surface area contributed by atoms with Crippen molar-refractivity contribution in [1.82, 2.24) is 14.8 Å². The fraction of sp³-hybridized carbons (Fsp3) is 0.500. The summed E-state index contributed by atoms with van der Waals surface area (Å²) in [4.78, 5) is 36.9. The standard InChI is InChI=1S/C26H36N6O2/c1-4-19-14-21(16-28-24(19)27)29-25(33)26(34)32-17-18(2)8-9-23(32)20-6-5-7-22(15-20)31-12-10-30(3)11-13-31/h5-7,14-16,18,23H,4,8-13,17H2,1-3H3,(H2,27,28)(H,29,33)/t18-,23?/m0/s1. The van der Waals surface area contributed by atoms with Crippen LogP contribution < -0.4 is 16.0 Å². The van der Waals surface area contributed by atoms with Crippen molar-refractivity contribution in [3.63, 3.8) is 0 Å². The van der Waals surface area contributed by atoms with Crippen molar-refractivity contribution in [3.8, 4) is 0 Å². The van der Waals surface area contributed by atoms with Crippen LogP contribution in [0.2, 0.25) is 0 Å². The number of hydrogen-bond acceptors (Lipinski definition) is 6. The summed E-state index contributed by atoms with van der Waals surface area (Å²) < 4.78 is 0. The molecular formula is C26H36N6O2. The molecule has 1 aromatic carbocycles. The third kappa shape index (κ3) is 5.33. The van der Waals surface area contributed by atoms with Crippen molar-refractivity contribution in [3.05, 3.63) is 47.7 Å². The van der Waals surface area contributed by atoms with E-state index in [1.165, 1.54) is 11.9 Å². The predicted molar refractivity (Wildman–Crippen MR) is 136 cm³/mol. The van der Waals surface area contributed by atoms with Crippen LogP contribution in [0.4, 0.5) is 17.2 Å². The smallest absolute Gasteiger partial charge is 0.313 e. The van der Waals surface area contributed by atoms with Gasteiger partial charge < -0.3 is 25.8 Å². The second kappa shape index (κ2) is 10.4. The molecule has 3 N–H and O–H groups in total. The van der Waals surface area contributed by atoms with E-state index in [1.807, 2.05) is 6.92 Å². The van der Waals surface area contributed by atoms with E-state index >= 15 is 0 Å². The zero-order chi connectivity index (χ0) is 24.2. The Morgan fingerprint density at radius 1 is 1.15 bits per heavy atom. The van der Waals surface area contributed by atoms with Gasteiger partial charge in [0.1, 0.15) is 5.82 Å². The Labute approximate surface area is 202 Å². The minimum atomic E-state index is -0.636. The van der Waals surface area contributed by atoms with Crippen molar-refractivity contribution < 1.29 is 9.59 Å². The third-order valence-electron chi connectivity index (χ3n) is 7.04.